The molecule has 0 spiro atoms. The Labute approximate surface area is 131 Å². The first-order valence-electron chi connectivity index (χ1n) is 8.21. The number of hydrogen-bond acceptors (Lipinski definition) is 4. The molecular formula is C17H25FN2O2. The van der Waals surface area contributed by atoms with Crippen LogP contribution in [0.5, 0.6) is 0 Å². The van der Waals surface area contributed by atoms with Crippen molar-refractivity contribution in [2.45, 2.75) is 31.9 Å². The molecule has 2 aliphatic rings. The Balaban J connectivity index is 1.60. The second-order valence-corrected chi connectivity index (χ2v) is 6.08. The highest BCUT2D eigenvalue weighted by Crippen LogP contribution is 2.24. The first-order chi connectivity index (χ1) is 10.7. The van der Waals surface area contributed by atoms with Gasteiger partial charge in [0, 0.05) is 32.3 Å². The van der Waals surface area contributed by atoms with Gasteiger partial charge in [0.2, 0.25) is 0 Å². The van der Waals surface area contributed by atoms with Gasteiger partial charge in [0.15, 0.2) is 0 Å². The summed E-state index contributed by atoms with van der Waals surface area (Å²) in [5.74, 6) is -0.148. The molecule has 1 N–H and O–H groups in total. The van der Waals surface area contributed by atoms with E-state index in [1.165, 1.54) is 0 Å². The normalized spacial score (nSPS) is 23.7. The molecule has 1 aromatic rings. The Kier molecular flexibility index (Phi) is 5.28. The molecule has 122 valence electrons. The number of ether oxygens (including phenoxy) is 2. The van der Waals surface area contributed by atoms with E-state index in [1.807, 2.05) is 17.0 Å². The van der Waals surface area contributed by atoms with Crippen molar-refractivity contribution >= 4 is 5.69 Å². The zero-order valence-electron chi connectivity index (χ0n) is 13.2. The zero-order valence-corrected chi connectivity index (χ0v) is 13.2. The predicted molar refractivity (Wildman–Crippen MR) is 84.8 cm³/mol. The summed E-state index contributed by atoms with van der Waals surface area (Å²) < 4.78 is 25.3. The minimum absolute atomic E-state index is 0.123. The Hall–Kier alpha value is -1.17. The van der Waals surface area contributed by atoms with Crippen LogP contribution in [0.25, 0.3) is 0 Å². The number of rotatable bonds is 5. The maximum Gasteiger partial charge on any atom is 0.146 e. The van der Waals surface area contributed by atoms with E-state index in [1.54, 1.807) is 6.07 Å². The van der Waals surface area contributed by atoms with E-state index >= 15 is 0 Å². The van der Waals surface area contributed by atoms with Crippen molar-refractivity contribution in [2.75, 3.05) is 44.4 Å². The summed E-state index contributed by atoms with van der Waals surface area (Å²) in [5.41, 5.74) is 1.66. The largest absolute Gasteiger partial charge is 0.378 e. The fraction of sp³-hybridized carbons (Fsp3) is 0.647. The van der Waals surface area contributed by atoms with Crippen LogP contribution in [0.2, 0.25) is 0 Å². The zero-order chi connectivity index (χ0) is 15.4. The highest BCUT2D eigenvalue weighted by molar-refractivity contribution is 5.49. The average Bonchev–Trinajstić information content (AvgIpc) is 3.07. The molecule has 0 amide bonds. The van der Waals surface area contributed by atoms with Gasteiger partial charge in [-0.2, -0.15) is 0 Å². The number of nitrogens with one attached hydrogen (secondary N) is 1. The third-order valence-electron chi connectivity index (χ3n) is 4.50. The number of benzene rings is 1. The lowest BCUT2D eigenvalue weighted by Gasteiger charge is -2.29. The Morgan fingerprint density at radius 1 is 1.32 bits per heavy atom. The number of morpholine rings is 1. The van der Waals surface area contributed by atoms with Gasteiger partial charge >= 0.3 is 0 Å². The average molecular weight is 308 g/mol. The summed E-state index contributed by atoms with van der Waals surface area (Å²) in [7, 11) is 0. The van der Waals surface area contributed by atoms with E-state index in [0.717, 1.165) is 44.6 Å². The van der Waals surface area contributed by atoms with Gasteiger partial charge in [-0.1, -0.05) is 6.07 Å². The highest BCUT2D eigenvalue weighted by atomic mass is 19.1. The number of anilines is 1. The third kappa shape index (κ3) is 3.77. The lowest BCUT2D eigenvalue weighted by Crippen LogP contribution is -2.36. The highest BCUT2D eigenvalue weighted by Gasteiger charge is 2.18. The van der Waals surface area contributed by atoms with Crippen molar-refractivity contribution in [2.24, 2.45) is 0 Å². The molecule has 2 saturated heterocycles. The molecule has 3 rings (SSSR count). The van der Waals surface area contributed by atoms with Gasteiger partial charge < -0.3 is 19.7 Å². The van der Waals surface area contributed by atoms with Gasteiger partial charge in [0.05, 0.1) is 25.0 Å². The molecule has 0 aromatic heterocycles. The Bertz CT molecular complexity index is 486. The lowest BCUT2D eigenvalue weighted by atomic mass is 10.1. The van der Waals surface area contributed by atoms with E-state index in [0.29, 0.717) is 25.0 Å². The summed E-state index contributed by atoms with van der Waals surface area (Å²) >= 11 is 0. The van der Waals surface area contributed by atoms with Gasteiger partial charge in [-0.25, -0.2) is 4.39 Å². The SMILES string of the molecule is CC(NCC1CCCO1)c1ccc(N2CCOCC2)c(F)c1. The molecule has 0 saturated carbocycles. The molecule has 4 nitrogen and oxygen atoms in total. The van der Waals surface area contributed by atoms with Crippen LogP contribution in [-0.4, -0.2) is 45.6 Å². The van der Waals surface area contributed by atoms with Crippen molar-refractivity contribution in [3.63, 3.8) is 0 Å². The fourth-order valence-corrected chi connectivity index (χ4v) is 3.08. The molecule has 0 bridgehead atoms. The van der Waals surface area contributed by atoms with Crippen molar-refractivity contribution < 1.29 is 13.9 Å². The topological polar surface area (TPSA) is 33.7 Å². The van der Waals surface area contributed by atoms with Gasteiger partial charge in [-0.05, 0) is 37.5 Å². The van der Waals surface area contributed by atoms with Crippen LogP contribution in [-0.2, 0) is 9.47 Å². The Morgan fingerprint density at radius 2 is 2.14 bits per heavy atom. The van der Waals surface area contributed by atoms with Gasteiger partial charge in [-0.15, -0.1) is 0 Å². The van der Waals surface area contributed by atoms with Crippen molar-refractivity contribution in [3.05, 3.63) is 29.6 Å². The first-order valence-corrected chi connectivity index (χ1v) is 8.21. The molecule has 1 aromatic carbocycles. The van der Waals surface area contributed by atoms with Crippen molar-refractivity contribution in [1.29, 1.82) is 0 Å². The molecule has 5 heteroatoms. The number of halogens is 1. The smallest absolute Gasteiger partial charge is 0.146 e. The molecule has 0 radical (unpaired) electrons. The minimum atomic E-state index is -0.148. The quantitative estimate of drug-likeness (QED) is 0.906. The van der Waals surface area contributed by atoms with E-state index in [9.17, 15) is 4.39 Å². The second kappa shape index (κ2) is 7.40. The Morgan fingerprint density at radius 3 is 2.82 bits per heavy atom. The molecule has 2 fully saturated rings. The van der Waals surface area contributed by atoms with E-state index in [2.05, 4.69) is 12.2 Å². The van der Waals surface area contributed by atoms with E-state index < -0.39 is 0 Å². The molecule has 2 aliphatic heterocycles. The van der Waals surface area contributed by atoms with Gasteiger partial charge in [0.25, 0.3) is 0 Å². The van der Waals surface area contributed by atoms with E-state index in [4.69, 9.17) is 9.47 Å². The monoisotopic (exact) mass is 308 g/mol. The van der Waals surface area contributed by atoms with Crippen LogP contribution in [0.15, 0.2) is 18.2 Å². The van der Waals surface area contributed by atoms with Crippen LogP contribution in [0.3, 0.4) is 0 Å². The number of hydrogen-bond donors (Lipinski definition) is 1. The summed E-state index contributed by atoms with van der Waals surface area (Å²) in [4.78, 5) is 2.05. The summed E-state index contributed by atoms with van der Waals surface area (Å²) in [6.07, 6.45) is 2.56. The third-order valence-corrected chi connectivity index (χ3v) is 4.50. The molecular weight excluding hydrogens is 283 g/mol. The minimum Gasteiger partial charge on any atom is -0.378 e. The van der Waals surface area contributed by atoms with Crippen LogP contribution in [0, 0.1) is 5.82 Å². The van der Waals surface area contributed by atoms with Gasteiger partial charge in [0.1, 0.15) is 5.82 Å². The molecule has 2 heterocycles. The number of nitrogens with zero attached hydrogens (tertiary/aromatic N) is 1. The van der Waals surface area contributed by atoms with Crippen LogP contribution in [0.4, 0.5) is 10.1 Å². The molecule has 2 atom stereocenters. The maximum atomic E-state index is 14.4. The van der Waals surface area contributed by atoms with Crippen LogP contribution in [0.1, 0.15) is 31.4 Å². The van der Waals surface area contributed by atoms with Crippen LogP contribution >= 0.6 is 0 Å². The van der Waals surface area contributed by atoms with E-state index in [-0.39, 0.29) is 11.9 Å². The maximum absolute atomic E-state index is 14.4. The molecule has 22 heavy (non-hydrogen) atoms. The van der Waals surface area contributed by atoms with Crippen LogP contribution < -0.4 is 10.2 Å². The molecule has 2 unspecified atom stereocenters. The standard InChI is InChI=1S/C17H25FN2O2/c1-13(19-12-15-3-2-8-22-15)14-4-5-17(16(18)11-14)20-6-9-21-10-7-20/h4-5,11,13,15,19H,2-3,6-10,12H2,1H3. The molecule has 0 aliphatic carbocycles. The van der Waals surface area contributed by atoms with Crippen molar-refractivity contribution in [1.82, 2.24) is 5.32 Å². The lowest BCUT2D eigenvalue weighted by molar-refractivity contribution is 0.108. The van der Waals surface area contributed by atoms with Gasteiger partial charge in [-0.3, -0.25) is 0 Å². The van der Waals surface area contributed by atoms with Crippen molar-refractivity contribution in [3.8, 4) is 0 Å². The second-order valence-electron chi connectivity index (χ2n) is 6.08. The summed E-state index contributed by atoms with van der Waals surface area (Å²) in [5, 5.41) is 3.44. The predicted octanol–water partition coefficient (Wildman–Crippen LogP) is 2.49. The first kappa shape index (κ1) is 15.7. The fourth-order valence-electron chi connectivity index (χ4n) is 3.08. The summed E-state index contributed by atoms with van der Waals surface area (Å²) in [6.45, 7) is 6.60. The summed E-state index contributed by atoms with van der Waals surface area (Å²) in [6, 6.07) is 5.68.